The van der Waals surface area contributed by atoms with Crippen LogP contribution in [0.4, 0.5) is 0 Å². The van der Waals surface area contributed by atoms with Crippen molar-refractivity contribution in [1.29, 1.82) is 0 Å². The van der Waals surface area contributed by atoms with Gasteiger partial charge in [-0.15, -0.1) is 0 Å². The summed E-state index contributed by atoms with van der Waals surface area (Å²) in [6.45, 7) is 6.38. The first-order chi connectivity index (χ1) is 8.65. The molecule has 2 N–H and O–H groups in total. The topological polar surface area (TPSA) is 24.1 Å². The first kappa shape index (κ1) is 13.1. The first-order valence-corrected chi connectivity index (χ1v) is 6.49. The Morgan fingerprint density at radius 1 is 1.00 bits per heavy atom. The maximum Gasteiger partial charge on any atom is 0.0452 e. The van der Waals surface area contributed by atoms with E-state index in [1.165, 1.54) is 16.3 Å². The van der Waals surface area contributed by atoms with Crippen molar-refractivity contribution in [2.24, 2.45) is 0 Å². The smallest absolute Gasteiger partial charge is 0.0452 e. The van der Waals surface area contributed by atoms with Crippen molar-refractivity contribution in [3.63, 3.8) is 0 Å². The van der Waals surface area contributed by atoms with E-state index >= 15 is 0 Å². The number of hydrogen-bond acceptors (Lipinski definition) is 2. The minimum Gasteiger partial charge on any atom is -0.308 e. The standard InChI is InChI=1S/C16H22N2/c1-16(2,11-18-12-17-3)15-10-6-8-13-7-4-5-9-14(13)15/h4-10,17-18H,11-12H2,1-3H3. The van der Waals surface area contributed by atoms with E-state index in [4.69, 9.17) is 0 Å². The Kier molecular flexibility index (Phi) is 4.00. The van der Waals surface area contributed by atoms with Gasteiger partial charge in [0.25, 0.3) is 0 Å². The van der Waals surface area contributed by atoms with Crippen LogP contribution in [0.15, 0.2) is 42.5 Å². The van der Waals surface area contributed by atoms with Crippen LogP contribution in [0.3, 0.4) is 0 Å². The van der Waals surface area contributed by atoms with Crippen LogP contribution in [0.1, 0.15) is 19.4 Å². The Morgan fingerprint density at radius 2 is 1.72 bits per heavy atom. The van der Waals surface area contributed by atoms with Gasteiger partial charge in [-0.1, -0.05) is 56.3 Å². The van der Waals surface area contributed by atoms with Crippen LogP contribution >= 0.6 is 0 Å². The number of rotatable bonds is 5. The fraction of sp³-hybridized carbons (Fsp3) is 0.375. The second-order valence-corrected chi connectivity index (χ2v) is 5.37. The number of fused-ring (bicyclic) bond motifs is 1. The van der Waals surface area contributed by atoms with Gasteiger partial charge in [0.2, 0.25) is 0 Å². The lowest BCUT2D eigenvalue weighted by molar-refractivity contribution is 0.463. The molecule has 0 saturated heterocycles. The van der Waals surface area contributed by atoms with Crippen LogP contribution in [0.2, 0.25) is 0 Å². The van der Waals surface area contributed by atoms with Crippen LogP contribution in [0.25, 0.3) is 10.8 Å². The molecule has 0 heterocycles. The summed E-state index contributed by atoms with van der Waals surface area (Å²) in [7, 11) is 1.96. The largest absolute Gasteiger partial charge is 0.308 e. The molecule has 0 aliphatic rings. The molecule has 0 spiro atoms. The molecule has 0 atom stereocenters. The van der Waals surface area contributed by atoms with Crippen LogP contribution < -0.4 is 10.6 Å². The summed E-state index contributed by atoms with van der Waals surface area (Å²) < 4.78 is 0. The molecule has 0 aliphatic heterocycles. The molecule has 0 fully saturated rings. The molecule has 0 aromatic heterocycles. The fourth-order valence-electron chi connectivity index (χ4n) is 2.41. The summed E-state index contributed by atoms with van der Waals surface area (Å²) in [6.07, 6.45) is 0. The highest BCUT2D eigenvalue weighted by Gasteiger charge is 2.21. The lowest BCUT2D eigenvalue weighted by Gasteiger charge is -2.27. The Labute approximate surface area is 109 Å². The van der Waals surface area contributed by atoms with Crippen LogP contribution in [0, 0.1) is 0 Å². The van der Waals surface area contributed by atoms with Crippen molar-refractivity contribution in [3.05, 3.63) is 48.0 Å². The summed E-state index contributed by atoms with van der Waals surface area (Å²) >= 11 is 0. The van der Waals surface area contributed by atoms with Gasteiger partial charge in [0.15, 0.2) is 0 Å². The van der Waals surface area contributed by atoms with E-state index in [2.05, 4.69) is 66.9 Å². The van der Waals surface area contributed by atoms with E-state index in [0.29, 0.717) is 0 Å². The Bertz CT molecular complexity index is 512. The zero-order chi connectivity index (χ0) is 13.0. The highest BCUT2D eigenvalue weighted by molar-refractivity contribution is 5.86. The van der Waals surface area contributed by atoms with E-state index in [0.717, 1.165) is 13.2 Å². The van der Waals surface area contributed by atoms with E-state index in [1.54, 1.807) is 0 Å². The molecule has 0 saturated carbocycles. The monoisotopic (exact) mass is 242 g/mol. The van der Waals surface area contributed by atoms with Gasteiger partial charge in [-0.05, 0) is 23.4 Å². The molecular weight excluding hydrogens is 220 g/mol. The molecule has 0 unspecified atom stereocenters. The summed E-state index contributed by atoms with van der Waals surface area (Å²) in [5.41, 5.74) is 1.53. The second kappa shape index (κ2) is 5.51. The van der Waals surface area contributed by atoms with Gasteiger partial charge in [-0.2, -0.15) is 0 Å². The number of benzene rings is 2. The van der Waals surface area contributed by atoms with Crippen LogP contribution in [0.5, 0.6) is 0 Å². The number of nitrogens with one attached hydrogen (secondary N) is 2. The lowest BCUT2D eigenvalue weighted by Crippen LogP contribution is -2.37. The van der Waals surface area contributed by atoms with Gasteiger partial charge < -0.3 is 10.6 Å². The van der Waals surface area contributed by atoms with Gasteiger partial charge in [0.1, 0.15) is 0 Å². The fourth-order valence-corrected chi connectivity index (χ4v) is 2.41. The summed E-state index contributed by atoms with van der Waals surface area (Å²) in [5, 5.41) is 9.22. The van der Waals surface area contributed by atoms with Crippen LogP contribution in [-0.4, -0.2) is 20.3 Å². The van der Waals surface area contributed by atoms with Gasteiger partial charge >= 0.3 is 0 Å². The first-order valence-electron chi connectivity index (χ1n) is 6.49. The number of hydrogen-bond donors (Lipinski definition) is 2. The molecule has 2 rings (SSSR count). The third-order valence-electron chi connectivity index (χ3n) is 3.39. The third kappa shape index (κ3) is 2.71. The average Bonchev–Trinajstić information content (AvgIpc) is 2.38. The van der Waals surface area contributed by atoms with Crippen molar-refractivity contribution >= 4 is 10.8 Å². The van der Waals surface area contributed by atoms with E-state index in [9.17, 15) is 0 Å². The highest BCUT2D eigenvalue weighted by Crippen LogP contribution is 2.29. The molecule has 2 heteroatoms. The van der Waals surface area contributed by atoms with Crippen molar-refractivity contribution in [1.82, 2.24) is 10.6 Å². The van der Waals surface area contributed by atoms with Gasteiger partial charge in [0, 0.05) is 18.6 Å². The van der Waals surface area contributed by atoms with Crippen molar-refractivity contribution in [2.45, 2.75) is 19.3 Å². The van der Waals surface area contributed by atoms with Gasteiger partial charge in [-0.3, -0.25) is 0 Å². The van der Waals surface area contributed by atoms with Crippen LogP contribution in [-0.2, 0) is 5.41 Å². The lowest BCUT2D eigenvalue weighted by atomic mass is 9.81. The van der Waals surface area contributed by atoms with E-state index in [1.807, 2.05) is 7.05 Å². The zero-order valence-corrected chi connectivity index (χ0v) is 11.5. The van der Waals surface area contributed by atoms with E-state index < -0.39 is 0 Å². The second-order valence-electron chi connectivity index (χ2n) is 5.37. The average molecular weight is 242 g/mol. The van der Waals surface area contributed by atoms with Crippen molar-refractivity contribution in [2.75, 3.05) is 20.3 Å². The maximum absolute atomic E-state index is 3.43. The van der Waals surface area contributed by atoms with Crippen molar-refractivity contribution < 1.29 is 0 Å². The van der Waals surface area contributed by atoms with Gasteiger partial charge in [-0.25, -0.2) is 0 Å². The predicted molar refractivity (Wildman–Crippen MR) is 78.9 cm³/mol. The summed E-state index contributed by atoms with van der Waals surface area (Å²) in [5.74, 6) is 0. The predicted octanol–water partition coefficient (Wildman–Crippen LogP) is 2.88. The Hall–Kier alpha value is -1.38. The summed E-state index contributed by atoms with van der Waals surface area (Å²) in [4.78, 5) is 0. The maximum atomic E-state index is 3.43. The summed E-state index contributed by atoms with van der Waals surface area (Å²) in [6, 6.07) is 15.2. The Morgan fingerprint density at radius 3 is 2.50 bits per heavy atom. The molecule has 2 aromatic rings. The molecule has 2 nitrogen and oxygen atoms in total. The van der Waals surface area contributed by atoms with Gasteiger partial charge in [0.05, 0.1) is 0 Å². The van der Waals surface area contributed by atoms with Crippen molar-refractivity contribution in [3.8, 4) is 0 Å². The zero-order valence-electron chi connectivity index (χ0n) is 11.5. The SMILES string of the molecule is CNCNCC(C)(C)c1cccc2ccccc12. The molecule has 0 radical (unpaired) electrons. The highest BCUT2D eigenvalue weighted by atomic mass is 15.0. The molecule has 96 valence electrons. The van der Waals surface area contributed by atoms with E-state index in [-0.39, 0.29) is 5.41 Å². The quantitative estimate of drug-likeness (QED) is 0.622. The third-order valence-corrected chi connectivity index (χ3v) is 3.39. The normalized spacial score (nSPS) is 11.9. The molecular formula is C16H22N2. The molecule has 0 bridgehead atoms. The Balaban J connectivity index is 2.34. The minimum absolute atomic E-state index is 0.123. The molecule has 0 amide bonds. The molecule has 0 aliphatic carbocycles. The molecule has 2 aromatic carbocycles. The molecule has 18 heavy (non-hydrogen) atoms. The minimum atomic E-state index is 0.123.